The fourth-order valence-electron chi connectivity index (χ4n) is 8.01. The lowest BCUT2D eigenvalue weighted by Gasteiger charge is -2.57. The molecule has 42 heavy (non-hydrogen) atoms. The minimum atomic E-state index is -3.77. The standard InChI is InChI=1S/C33H44BrN3O4S/c1-4-5-13-35-32(39)23(2)36(21-24-7-6-8-29(34)17-24)31(38)22-37(42(3,40)41)30-11-9-28(10-12-30)33-18-25-14-26(19-33)16-27(15-25)20-33/h6-12,17,23,25-27H,4-5,13-16,18-22H2,1-3H3,(H,35,39)/t23-,25?,26?,27?,33?/m0/s1. The van der Waals surface area contributed by atoms with E-state index in [9.17, 15) is 18.0 Å². The summed E-state index contributed by atoms with van der Waals surface area (Å²) in [5.41, 5.74) is 2.83. The molecule has 0 heterocycles. The number of hydrogen-bond donors (Lipinski definition) is 1. The molecule has 0 spiro atoms. The van der Waals surface area contributed by atoms with Crippen LogP contribution in [0.15, 0.2) is 53.0 Å². The average molecular weight is 659 g/mol. The van der Waals surface area contributed by atoms with Crippen molar-refractivity contribution in [3.05, 3.63) is 64.1 Å². The number of rotatable bonds is 12. The zero-order chi connectivity index (χ0) is 30.1. The van der Waals surface area contributed by atoms with Crippen LogP contribution in [-0.4, -0.2) is 50.5 Å². The van der Waals surface area contributed by atoms with Crippen molar-refractivity contribution in [3.8, 4) is 0 Å². The number of unbranched alkanes of at least 4 members (excludes halogenated alkanes) is 1. The lowest BCUT2D eigenvalue weighted by molar-refractivity contribution is -0.139. The topological polar surface area (TPSA) is 86.8 Å². The quantitative estimate of drug-likeness (QED) is 0.283. The number of halogens is 1. The number of carbonyl (C=O) groups is 2. The smallest absolute Gasteiger partial charge is 0.244 e. The lowest BCUT2D eigenvalue weighted by atomic mass is 9.48. The molecule has 4 fully saturated rings. The SMILES string of the molecule is CCCCNC(=O)[C@H](C)N(Cc1cccc(Br)c1)C(=O)CN(c1ccc(C23CC4CC(CC(C4)C2)C3)cc1)S(C)(=O)=O. The summed E-state index contributed by atoms with van der Waals surface area (Å²) in [4.78, 5) is 28.4. The van der Waals surface area contributed by atoms with Gasteiger partial charge in [0.05, 0.1) is 11.9 Å². The Morgan fingerprint density at radius 1 is 1.02 bits per heavy atom. The van der Waals surface area contributed by atoms with Gasteiger partial charge in [-0.1, -0.05) is 53.5 Å². The lowest BCUT2D eigenvalue weighted by Crippen LogP contribution is -2.51. The number of nitrogens with zero attached hydrogens (tertiary/aromatic N) is 2. The highest BCUT2D eigenvalue weighted by molar-refractivity contribution is 9.10. The predicted octanol–water partition coefficient (Wildman–Crippen LogP) is 6.02. The van der Waals surface area contributed by atoms with E-state index in [1.807, 2.05) is 43.3 Å². The first-order chi connectivity index (χ1) is 20.0. The van der Waals surface area contributed by atoms with Crippen LogP contribution in [0.2, 0.25) is 0 Å². The third-order valence-electron chi connectivity index (χ3n) is 9.72. The Morgan fingerprint density at radius 3 is 2.19 bits per heavy atom. The number of sulfonamides is 1. The van der Waals surface area contributed by atoms with E-state index in [0.29, 0.717) is 12.2 Å². The molecule has 4 aliphatic rings. The molecule has 2 amide bonds. The number of anilines is 1. The van der Waals surface area contributed by atoms with Crippen molar-refractivity contribution in [3.63, 3.8) is 0 Å². The molecule has 4 aliphatic carbocycles. The van der Waals surface area contributed by atoms with Gasteiger partial charge >= 0.3 is 0 Å². The summed E-state index contributed by atoms with van der Waals surface area (Å²) < 4.78 is 28.1. The van der Waals surface area contributed by atoms with Crippen molar-refractivity contribution in [1.29, 1.82) is 0 Å². The Morgan fingerprint density at radius 2 is 1.64 bits per heavy atom. The predicted molar refractivity (Wildman–Crippen MR) is 171 cm³/mol. The van der Waals surface area contributed by atoms with Crippen molar-refractivity contribution in [2.24, 2.45) is 17.8 Å². The van der Waals surface area contributed by atoms with Crippen molar-refractivity contribution >= 4 is 43.5 Å². The van der Waals surface area contributed by atoms with Crippen molar-refractivity contribution in [1.82, 2.24) is 10.2 Å². The van der Waals surface area contributed by atoms with Crippen LogP contribution in [0.5, 0.6) is 0 Å². The summed E-state index contributed by atoms with van der Waals surface area (Å²) in [6.07, 6.45) is 10.7. The van der Waals surface area contributed by atoms with E-state index in [2.05, 4.69) is 33.4 Å². The first-order valence-corrected chi connectivity index (χ1v) is 18.0. The van der Waals surface area contributed by atoms with Gasteiger partial charge in [0.2, 0.25) is 21.8 Å². The highest BCUT2D eigenvalue weighted by Crippen LogP contribution is 2.60. The van der Waals surface area contributed by atoms with Gasteiger partial charge in [0.1, 0.15) is 12.6 Å². The molecule has 0 saturated heterocycles. The van der Waals surface area contributed by atoms with E-state index >= 15 is 0 Å². The molecule has 7 nitrogen and oxygen atoms in total. The molecule has 6 rings (SSSR count). The monoisotopic (exact) mass is 657 g/mol. The van der Waals surface area contributed by atoms with E-state index in [-0.39, 0.29) is 24.4 Å². The minimum Gasteiger partial charge on any atom is -0.354 e. The maximum absolute atomic E-state index is 13.9. The maximum atomic E-state index is 13.9. The summed E-state index contributed by atoms with van der Waals surface area (Å²) in [6.45, 7) is 4.08. The van der Waals surface area contributed by atoms with Crippen LogP contribution in [0, 0.1) is 17.8 Å². The highest BCUT2D eigenvalue weighted by Gasteiger charge is 2.51. The molecule has 1 atom stereocenters. The summed E-state index contributed by atoms with van der Waals surface area (Å²) in [5.74, 6) is 1.77. The minimum absolute atomic E-state index is 0.184. The average Bonchev–Trinajstić information content (AvgIpc) is 2.93. The van der Waals surface area contributed by atoms with E-state index in [4.69, 9.17) is 0 Å². The summed E-state index contributed by atoms with van der Waals surface area (Å²) in [5, 5.41) is 2.92. The zero-order valence-corrected chi connectivity index (χ0v) is 27.4. The Hall–Kier alpha value is -2.39. The van der Waals surface area contributed by atoms with Crippen LogP contribution in [-0.2, 0) is 31.6 Å². The van der Waals surface area contributed by atoms with E-state index in [1.165, 1.54) is 53.3 Å². The summed E-state index contributed by atoms with van der Waals surface area (Å²) in [6, 6.07) is 14.7. The Balaban J connectivity index is 1.37. The van der Waals surface area contributed by atoms with Gasteiger partial charge in [-0.05, 0) is 110 Å². The molecule has 2 aromatic rings. The number of carbonyl (C=O) groups excluding carboxylic acids is 2. The van der Waals surface area contributed by atoms with Crippen LogP contribution in [0.3, 0.4) is 0 Å². The number of nitrogens with one attached hydrogen (secondary N) is 1. The second kappa shape index (κ2) is 12.7. The summed E-state index contributed by atoms with van der Waals surface area (Å²) >= 11 is 3.48. The zero-order valence-electron chi connectivity index (χ0n) is 25.0. The van der Waals surface area contributed by atoms with Crippen molar-refractivity contribution < 1.29 is 18.0 Å². The molecule has 4 bridgehead atoms. The molecule has 4 saturated carbocycles. The Bertz CT molecular complexity index is 1360. The van der Waals surface area contributed by atoms with Gasteiger partial charge in [0, 0.05) is 17.6 Å². The van der Waals surface area contributed by atoms with Crippen LogP contribution in [0.25, 0.3) is 0 Å². The summed E-state index contributed by atoms with van der Waals surface area (Å²) in [7, 11) is -3.77. The molecule has 0 radical (unpaired) electrons. The van der Waals surface area contributed by atoms with Crippen LogP contribution < -0.4 is 9.62 Å². The molecular weight excluding hydrogens is 614 g/mol. The molecule has 228 valence electrons. The molecule has 9 heteroatoms. The first kappa shape index (κ1) is 31.0. The number of benzene rings is 2. The molecular formula is C33H44BrN3O4S. The second-order valence-electron chi connectivity index (χ2n) is 13.0. The highest BCUT2D eigenvalue weighted by atomic mass is 79.9. The van der Waals surface area contributed by atoms with Gasteiger partial charge in [-0.3, -0.25) is 13.9 Å². The normalized spacial score (nSPS) is 25.2. The van der Waals surface area contributed by atoms with Gasteiger partial charge in [0.15, 0.2) is 0 Å². The van der Waals surface area contributed by atoms with E-state index < -0.39 is 22.0 Å². The number of amides is 2. The molecule has 1 N–H and O–H groups in total. The van der Waals surface area contributed by atoms with Gasteiger partial charge in [-0.25, -0.2) is 8.42 Å². The van der Waals surface area contributed by atoms with Crippen LogP contribution >= 0.6 is 15.9 Å². The van der Waals surface area contributed by atoms with Gasteiger partial charge in [-0.2, -0.15) is 0 Å². The number of hydrogen-bond acceptors (Lipinski definition) is 4. The van der Waals surface area contributed by atoms with Gasteiger partial charge in [-0.15, -0.1) is 0 Å². The molecule has 0 aliphatic heterocycles. The van der Waals surface area contributed by atoms with Gasteiger partial charge in [0.25, 0.3) is 0 Å². The molecule has 0 unspecified atom stereocenters. The largest absolute Gasteiger partial charge is 0.354 e. The Kier molecular flexibility index (Phi) is 9.38. The van der Waals surface area contributed by atoms with Crippen molar-refractivity contribution in [2.45, 2.75) is 83.2 Å². The first-order valence-electron chi connectivity index (χ1n) is 15.4. The third kappa shape index (κ3) is 6.88. The third-order valence-corrected chi connectivity index (χ3v) is 11.4. The fraction of sp³-hybridized carbons (Fsp3) is 0.576. The van der Waals surface area contributed by atoms with Crippen LogP contribution in [0.1, 0.15) is 76.3 Å². The van der Waals surface area contributed by atoms with Crippen LogP contribution in [0.4, 0.5) is 5.69 Å². The van der Waals surface area contributed by atoms with E-state index in [1.54, 1.807) is 6.92 Å². The second-order valence-corrected chi connectivity index (χ2v) is 15.8. The van der Waals surface area contributed by atoms with Crippen molar-refractivity contribution in [2.75, 3.05) is 23.7 Å². The fourth-order valence-corrected chi connectivity index (χ4v) is 9.31. The molecule has 2 aromatic carbocycles. The Labute approximate surface area is 259 Å². The van der Waals surface area contributed by atoms with Gasteiger partial charge < -0.3 is 10.2 Å². The maximum Gasteiger partial charge on any atom is 0.244 e. The molecule has 0 aromatic heterocycles. The van der Waals surface area contributed by atoms with E-state index in [0.717, 1.165) is 46.9 Å².